The van der Waals surface area contributed by atoms with E-state index in [4.69, 9.17) is 14.6 Å². The lowest BCUT2D eigenvalue weighted by molar-refractivity contribution is -0.132. The van der Waals surface area contributed by atoms with E-state index >= 15 is 0 Å². The molecule has 1 saturated carbocycles. The Labute approximate surface area is 215 Å². The van der Waals surface area contributed by atoms with E-state index in [9.17, 15) is 9.59 Å². The van der Waals surface area contributed by atoms with Crippen LogP contribution in [0.3, 0.4) is 0 Å². The minimum Gasteiger partial charge on any atom is -0.326 e. The molecule has 2 heterocycles. The van der Waals surface area contributed by atoms with Gasteiger partial charge in [0.2, 0.25) is 5.91 Å². The molecule has 0 bridgehead atoms. The Morgan fingerprint density at radius 1 is 1.21 bits per heavy atom. The molecule has 7 heteroatoms. The van der Waals surface area contributed by atoms with Gasteiger partial charge in [0.1, 0.15) is 11.2 Å². The number of fused-ring (bicyclic) bond motifs is 1. The summed E-state index contributed by atoms with van der Waals surface area (Å²) in [5.74, 6) is 0.578. The quantitative estimate of drug-likeness (QED) is 0.501. The lowest BCUT2D eigenvalue weighted by Gasteiger charge is -2.35. The Hall–Kier alpha value is -2.90. The maximum atomic E-state index is 13.9. The van der Waals surface area contributed by atoms with E-state index in [0.717, 1.165) is 25.1 Å². The number of nitrogens with one attached hydrogen (secondary N) is 1. The third-order valence-electron chi connectivity index (χ3n) is 6.35. The second kappa shape index (κ2) is 10.2. The molecule has 34 heavy (non-hydrogen) atoms. The molecule has 1 aromatic heterocycles. The number of benzene rings is 2. The molecule has 3 aromatic rings. The zero-order chi connectivity index (χ0) is 29.6. The summed E-state index contributed by atoms with van der Waals surface area (Å²) in [6.07, 6.45) is 3.25. The number of hydrogen-bond donors (Lipinski definition) is 2. The fraction of sp³-hybridized carbons (Fsp3) is 0.370. The van der Waals surface area contributed by atoms with Crippen molar-refractivity contribution in [3.05, 3.63) is 93.5 Å². The molecule has 5 rings (SSSR count). The summed E-state index contributed by atoms with van der Waals surface area (Å²) in [5, 5.41) is 1.69. The average Bonchev–Trinajstić information content (AvgIpc) is 2.90. The Morgan fingerprint density at radius 2 is 1.97 bits per heavy atom. The lowest BCUT2D eigenvalue weighted by atomic mass is 9.84. The first-order valence-corrected chi connectivity index (χ1v) is 12.0. The zero-order valence-electron chi connectivity index (χ0n) is 25.6. The van der Waals surface area contributed by atoms with E-state index in [1.165, 1.54) is 4.90 Å². The molecule has 1 fully saturated rings. The van der Waals surface area contributed by atoms with Crippen LogP contribution in [0.25, 0.3) is 5.69 Å². The normalized spacial score (nSPS) is 21.1. The first kappa shape index (κ1) is 15.9. The highest BCUT2D eigenvalue weighted by Gasteiger charge is 2.35. The number of para-hydroxylation sites is 1. The second-order valence-electron chi connectivity index (χ2n) is 8.45. The van der Waals surface area contributed by atoms with Gasteiger partial charge in [-0.05, 0) is 30.5 Å². The predicted molar refractivity (Wildman–Crippen MR) is 136 cm³/mol. The van der Waals surface area contributed by atoms with Crippen molar-refractivity contribution in [3.63, 3.8) is 0 Å². The van der Waals surface area contributed by atoms with Gasteiger partial charge < -0.3 is 10.2 Å². The summed E-state index contributed by atoms with van der Waals surface area (Å²) in [6, 6.07) is 6.12. The van der Waals surface area contributed by atoms with Gasteiger partial charge in [-0.2, -0.15) is 0 Å². The first-order chi connectivity index (χ1) is 19.4. The van der Waals surface area contributed by atoms with Crippen molar-refractivity contribution in [2.24, 2.45) is 0 Å². The molecule has 2 aliphatic rings. The number of nitrogens with zero attached hydrogens (tertiary/aromatic N) is 3. The summed E-state index contributed by atoms with van der Waals surface area (Å²) >= 11 is 4.67. The molecule has 2 aromatic carbocycles. The van der Waals surface area contributed by atoms with Crippen molar-refractivity contribution in [1.29, 1.82) is 0 Å². The maximum Gasteiger partial charge on any atom is 0.264 e. The maximum absolute atomic E-state index is 13.9. The van der Waals surface area contributed by atoms with Gasteiger partial charge in [-0.3, -0.25) is 14.2 Å². The lowest BCUT2D eigenvalue weighted by Crippen LogP contribution is -2.44. The van der Waals surface area contributed by atoms with E-state index in [-0.39, 0.29) is 30.3 Å². The highest BCUT2D eigenvalue weighted by molar-refractivity contribution is 7.80. The standard InChI is InChI=1S/C27H30N4O2S/c32-23(14-16-28-18-19-8-3-1-4-9-19)30-17-15-22-24(27(30)34)26(33)31(21-12-5-2-6-13-21)25(29-22)20-10-7-11-20/h1-6,8-9,12-13,20,27-28,34H,7,10-11,14-18H2/i1D,3D,4D,8D,9D,18D2. The van der Waals surface area contributed by atoms with Gasteiger partial charge in [-0.1, -0.05) is 54.8 Å². The topological polar surface area (TPSA) is 67.2 Å². The minimum atomic E-state index is -2.49. The molecule has 0 saturated heterocycles. The van der Waals surface area contributed by atoms with Crippen LogP contribution in [0.4, 0.5) is 0 Å². The van der Waals surface area contributed by atoms with E-state index in [1.54, 1.807) is 4.57 Å². The fourth-order valence-electron chi connectivity index (χ4n) is 4.36. The summed E-state index contributed by atoms with van der Waals surface area (Å²) in [7, 11) is 0. The van der Waals surface area contributed by atoms with Gasteiger partial charge in [0.15, 0.2) is 0 Å². The molecule has 6 nitrogen and oxygen atoms in total. The molecule has 1 N–H and O–H groups in total. The molecule has 1 amide bonds. The van der Waals surface area contributed by atoms with Gasteiger partial charge >= 0.3 is 0 Å². The van der Waals surface area contributed by atoms with Crippen LogP contribution in [0.5, 0.6) is 0 Å². The number of rotatable bonds is 7. The third kappa shape index (κ3) is 4.55. The minimum absolute atomic E-state index is 0.162. The smallest absolute Gasteiger partial charge is 0.264 e. The number of aromatic nitrogens is 2. The van der Waals surface area contributed by atoms with Crippen molar-refractivity contribution in [3.8, 4) is 5.69 Å². The van der Waals surface area contributed by atoms with E-state index in [1.807, 2.05) is 30.3 Å². The molecule has 1 unspecified atom stereocenters. The van der Waals surface area contributed by atoms with E-state index < -0.39 is 47.6 Å². The monoisotopic (exact) mass is 481 g/mol. The van der Waals surface area contributed by atoms with Crippen molar-refractivity contribution < 1.29 is 14.4 Å². The molecule has 1 aliphatic carbocycles. The van der Waals surface area contributed by atoms with Gasteiger partial charge in [0.05, 0.1) is 23.8 Å². The van der Waals surface area contributed by atoms with Crippen molar-refractivity contribution in [1.82, 2.24) is 19.8 Å². The Balaban J connectivity index is 1.36. The molecule has 0 radical (unpaired) electrons. The molecule has 176 valence electrons. The van der Waals surface area contributed by atoms with Crippen LogP contribution in [-0.2, 0) is 17.7 Å². The Bertz CT molecular complexity index is 1530. The predicted octanol–water partition coefficient (Wildman–Crippen LogP) is 3.99. The van der Waals surface area contributed by atoms with Crippen molar-refractivity contribution >= 4 is 18.5 Å². The highest BCUT2D eigenvalue weighted by Crippen LogP contribution is 2.38. The van der Waals surface area contributed by atoms with Gasteiger partial charge in [0.25, 0.3) is 5.56 Å². The van der Waals surface area contributed by atoms with Crippen LogP contribution >= 0.6 is 12.6 Å². The number of carbonyl (C=O) groups excluding carboxylic acids is 1. The molecular weight excluding hydrogens is 444 g/mol. The van der Waals surface area contributed by atoms with Gasteiger partial charge in [-0.25, -0.2) is 4.98 Å². The molecule has 1 atom stereocenters. The van der Waals surface area contributed by atoms with Crippen molar-refractivity contribution in [2.45, 2.75) is 49.9 Å². The van der Waals surface area contributed by atoms with Crippen LogP contribution in [0.1, 0.15) is 69.2 Å². The third-order valence-corrected chi connectivity index (χ3v) is 6.89. The van der Waals surface area contributed by atoms with Crippen LogP contribution in [0.15, 0.2) is 65.3 Å². The summed E-state index contributed by atoms with van der Waals surface area (Å²) in [5.41, 5.74) is 0.921. The van der Waals surface area contributed by atoms with Gasteiger partial charge in [0, 0.05) is 41.1 Å². The number of amides is 1. The molecule has 0 spiro atoms. The summed E-state index contributed by atoms with van der Waals surface area (Å²) < 4.78 is 57.8. The Kier molecular flexibility index (Phi) is 4.75. The summed E-state index contributed by atoms with van der Waals surface area (Å²) in [6.45, 7) is -2.37. The van der Waals surface area contributed by atoms with E-state index in [2.05, 4.69) is 17.9 Å². The van der Waals surface area contributed by atoms with Crippen molar-refractivity contribution in [2.75, 3.05) is 13.1 Å². The van der Waals surface area contributed by atoms with Crippen LogP contribution < -0.4 is 10.9 Å². The van der Waals surface area contributed by atoms with Gasteiger partial charge in [-0.15, -0.1) is 12.6 Å². The highest BCUT2D eigenvalue weighted by atomic mass is 32.1. The SMILES string of the molecule is [2H]c1c([2H])c([2H])c(C([2H])([2H])NCCC(=O)N2CCc3nc(C4CCC4)n(-c4ccccc4)c(=O)c3C2S)c([2H])c1[2H]. The second-order valence-corrected chi connectivity index (χ2v) is 8.94. The fourth-order valence-corrected chi connectivity index (χ4v) is 4.86. The largest absolute Gasteiger partial charge is 0.326 e. The zero-order valence-corrected chi connectivity index (χ0v) is 19.5. The average molecular weight is 482 g/mol. The number of carbonyl (C=O) groups is 1. The Morgan fingerprint density at radius 3 is 2.68 bits per heavy atom. The van der Waals surface area contributed by atoms with Crippen LogP contribution in [-0.4, -0.2) is 33.4 Å². The number of thiol groups is 1. The van der Waals surface area contributed by atoms with Crippen LogP contribution in [0.2, 0.25) is 0 Å². The molecule has 1 aliphatic heterocycles. The number of hydrogen-bond acceptors (Lipinski definition) is 5. The molecular formula is C27H30N4O2S. The summed E-state index contributed by atoms with van der Waals surface area (Å²) in [4.78, 5) is 33.5. The van der Waals surface area contributed by atoms with E-state index in [0.29, 0.717) is 29.9 Å². The van der Waals surface area contributed by atoms with Crippen LogP contribution in [0, 0.1) is 0 Å². The first-order valence-electron chi connectivity index (χ1n) is 14.9.